The van der Waals surface area contributed by atoms with Crippen LogP contribution in [0.25, 0.3) is 0 Å². The minimum absolute atomic E-state index is 0.102. The van der Waals surface area contributed by atoms with Gasteiger partial charge in [-0.1, -0.05) is 18.6 Å². The summed E-state index contributed by atoms with van der Waals surface area (Å²) in [5, 5.41) is 3.51. The molecule has 2 rings (SSSR count). The first-order chi connectivity index (χ1) is 7.25. The topological polar surface area (TPSA) is 12.0 Å². The van der Waals surface area contributed by atoms with Crippen LogP contribution in [0.4, 0.5) is 4.39 Å². The number of hydrogen-bond donors (Lipinski definition) is 1. The molecule has 82 valence electrons. The van der Waals surface area contributed by atoms with Gasteiger partial charge in [-0.25, -0.2) is 4.39 Å². The van der Waals surface area contributed by atoms with Crippen molar-refractivity contribution in [2.45, 2.75) is 38.6 Å². The monoisotopic (exact) mass is 207 g/mol. The van der Waals surface area contributed by atoms with Crippen molar-refractivity contribution >= 4 is 0 Å². The largest absolute Gasteiger partial charge is 0.314 e. The Hall–Kier alpha value is -0.890. The van der Waals surface area contributed by atoms with Crippen LogP contribution >= 0.6 is 0 Å². The van der Waals surface area contributed by atoms with Crippen molar-refractivity contribution in [3.8, 4) is 0 Å². The van der Waals surface area contributed by atoms with Crippen molar-refractivity contribution in [3.05, 3.63) is 35.1 Å². The molecule has 1 saturated heterocycles. The van der Waals surface area contributed by atoms with Gasteiger partial charge in [0.15, 0.2) is 0 Å². The van der Waals surface area contributed by atoms with Gasteiger partial charge in [-0.15, -0.1) is 0 Å². The van der Waals surface area contributed by atoms with E-state index in [9.17, 15) is 4.39 Å². The Balaban J connectivity index is 2.00. The molecule has 0 spiro atoms. The second-order valence-corrected chi connectivity index (χ2v) is 4.43. The van der Waals surface area contributed by atoms with E-state index in [1.54, 1.807) is 6.07 Å². The van der Waals surface area contributed by atoms with Gasteiger partial charge in [-0.05, 0) is 49.9 Å². The standard InChI is InChI=1S/C13H18FN/c1-10-8-11(5-6-13(10)14)9-12-4-2-3-7-15-12/h5-6,8,12,15H,2-4,7,9H2,1H3. The maximum atomic E-state index is 13.1. The SMILES string of the molecule is Cc1cc(CC2CCCCN2)ccc1F. The molecule has 0 amide bonds. The average molecular weight is 207 g/mol. The first kappa shape index (κ1) is 10.6. The van der Waals surface area contributed by atoms with Crippen molar-refractivity contribution in [2.75, 3.05) is 6.54 Å². The Kier molecular flexibility index (Phi) is 3.37. The van der Waals surface area contributed by atoms with Crippen LogP contribution in [0.1, 0.15) is 30.4 Å². The van der Waals surface area contributed by atoms with E-state index < -0.39 is 0 Å². The van der Waals surface area contributed by atoms with E-state index in [1.165, 1.54) is 24.8 Å². The van der Waals surface area contributed by atoms with Gasteiger partial charge >= 0.3 is 0 Å². The van der Waals surface area contributed by atoms with Gasteiger partial charge in [0.1, 0.15) is 5.82 Å². The number of benzene rings is 1. The van der Waals surface area contributed by atoms with E-state index in [4.69, 9.17) is 0 Å². The molecule has 0 aliphatic carbocycles. The Morgan fingerprint density at radius 2 is 2.27 bits per heavy atom. The van der Waals surface area contributed by atoms with Crippen LogP contribution in [0.15, 0.2) is 18.2 Å². The third-order valence-corrected chi connectivity index (χ3v) is 3.12. The molecular weight excluding hydrogens is 189 g/mol. The van der Waals surface area contributed by atoms with E-state index in [-0.39, 0.29) is 5.82 Å². The van der Waals surface area contributed by atoms with Crippen LogP contribution in [-0.2, 0) is 6.42 Å². The first-order valence-electron chi connectivity index (χ1n) is 5.74. The molecule has 1 nitrogen and oxygen atoms in total. The summed E-state index contributed by atoms with van der Waals surface area (Å²) >= 11 is 0. The molecular formula is C13H18FN. The summed E-state index contributed by atoms with van der Waals surface area (Å²) < 4.78 is 13.1. The van der Waals surface area contributed by atoms with Crippen LogP contribution in [0.3, 0.4) is 0 Å². The van der Waals surface area contributed by atoms with Crippen molar-refractivity contribution in [2.24, 2.45) is 0 Å². The maximum absolute atomic E-state index is 13.1. The van der Waals surface area contributed by atoms with Crippen LogP contribution in [0, 0.1) is 12.7 Å². The lowest BCUT2D eigenvalue weighted by Gasteiger charge is -2.23. The molecule has 1 aliphatic heterocycles. The normalized spacial score (nSPS) is 21.6. The molecule has 1 unspecified atom stereocenters. The highest BCUT2D eigenvalue weighted by molar-refractivity contribution is 5.24. The molecule has 0 radical (unpaired) electrons. The minimum atomic E-state index is -0.102. The Morgan fingerprint density at radius 1 is 1.40 bits per heavy atom. The lowest BCUT2D eigenvalue weighted by Crippen LogP contribution is -2.35. The molecule has 0 saturated carbocycles. The van der Waals surface area contributed by atoms with Gasteiger partial charge in [0.05, 0.1) is 0 Å². The zero-order chi connectivity index (χ0) is 10.7. The molecule has 1 aromatic rings. The fourth-order valence-electron chi connectivity index (χ4n) is 2.22. The minimum Gasteiger partial charge on any atom is -0.314 e. The zero-order valence-electron chi connectivity index (χ0n) is 9.22. The molecule has 0 aromatic heterocycles. The maximum Gasteiger partial charge on any atom is 0.126 e. The van der Waals surface area contributed by atoms with Crippen molar-refractivity contribution in [3.63, 3.8) is 0 Å². The molecule has 0 bridgehead atoms. The summed E-state index contributed by atoms with van der Waals surface area (Å²) in [5.74, 6) is -0.102. The van der Waals surface area contributed by atoms with Gasteiger partial charge in [0.25, 0.3) is 0 Å². The molecule has 1 fully saturated rings. The van der Waals surface area contributed by atoms with Gasteiger partial charge in [-0.2, -0.15) is 0 Å². The van der Waals surface area contributed by atoms with Crippen LogP contribution < -0.4 is 5.32 Å². The summed E-state index contributed by atoms with van der Waals surface area (Å²) in [6, 6.07) is 6.03. The predicted molar refractivity (Wildman–Crippen MR) is 60.5 cm³/mol. The van der Waals surface area contributed by atoms with E-state index >= 15 is 0 Å². The summed E-state index contributed by atoms with van der Waals surface area (Å²) in [6.45, 7) is 2.96. The van der Waals surface area contributed by atoms with E-state index in [0.717, 1.165) is 18.5 Å². The number of piperidine rings is 1. The summed E-state index contributed by atoms with van der Waals surface area (Å²) in [6.07, 6.45) is 4.88. The predicted octanol–water partition coefficient (Wildman–Crippen LogP) is 2.82. The highest BCUT2D eigenvalue weighted by atomic mass is 19.1. The van der Waals surface area contributed by atoms with E-state index in [2.05, 4.69) is 5.32 Å². The Labute approximate surface area is 90.7 Å². The van der Waals surface area contributed by atoms with E-state index in [1.807, 2.05) is 19.1 Å². The molecule has 15 heavy (non-hydrogen) atoms. The van der Waals surface area contributed by atoms with Crippen LogP contribution in [-0.4, -0.2) is 12.6 Å². The van der Waals surface area contributed by atoms with E-state index in [0.29, 0.717) is 6.04 Å². The number of halogens is 1. The van der Waals surface area contributed by atoms with Crippen molar-refractivity contribution in [1.82, 2.24) is 5.32 Å². The lowest BCUT2D eigenvalue weighted by atomic mass is 9.97. The third kappa shape index (κ3) is 2.78. The fourth-order valence-corrected chi connectivity index (χ4v) is 2.22. The highest BCUT2D eigenvalue weighted by Gasteiger charge is 2.13. The molecule has 1 aromatic carbocycles. The first-order valence-corrected chi connectivity index (χ1v) is 5.74. The Bertz CT molecular complexity index is 329. The second-order valence-electron chi connectivity index (χ2n) is 4.43. The van der Waals surface area contributed by atoms with Crippen LogP contribution in [0.5, 0.6) is 0 Å². The lowest BCUT2D eigenvalue weighted by molar-refractivity contribution is 0.399. The van der Waals surface area contributed by atoms with Gasteiger partial charge in [0, 0.05) is 6.04 Å². The summed E-state index contributed by atoms with van der Waals surface area (Å²) in [7, 11) is 0. The van der Waals surface area contributed by atoms with Gasteiger partial charge < -0.3 is 5.32 Å². The number of aryl methyl sites for hydroxylation is 1. The quantitative estimate of drug-likeness (QED) is 0.786. The highest BCUT2D eigenvalue weighted by Crippen LogP contribution is 2.15. The molecule has 2 heteroatoms. The molecule has 1 heterocycles. The fraction of sp³-hybridized carbons (Fsp3) is 0.538. The number of nitrogens with one attached hydrogen (secondary N) is 1. The summed E-state index contributed by atoms with van der Waals surface area (Å²) in [4.78, 5) is 0. The average Bonchev–Trinajstić information content (AvgIpc) is 2.25. The second kappa shape index (κ2) is 4.75. The molecule has 1 aliphatic rings. The molecule has 1 atom stereocenters. The summed E-state index contributed by atoms with van der Waals surface area (Å²) in [5.41, 5.74) is 2.00. The van der Waals surface area contributed by atoms with Crippen molar-refractivity contribution < 1.29 is 4.39 Å². The number of hydrogen-bond acceptors (Lipinski definition) is 1. The Morgan fingerprint density at radius 3 is 2.93 bits per heavy atom. The van der Waals surface area contributed by atoms with Crippen molar-refractivity contribution in [1.29, 1.82) is 0 Å². The third-order valence-electron chi connectivity index (χ3n) is 3.12. The number of rotatable bonds is 2. The smallest absolute Gasteiger partial charge is 0.126 e. The zero-order valence-corrected chi connectivity index (χ0v) is 9.22. The van der Waals surface area contributed by atoms with Crippen LogP contribution in [0.2, 0.25) is 0 Å². The van der Waals surface area contributed by atoms with Gasteiger partial charge in [0.2, 0.25) is 0 Å². The van der Waals surface area contributed by atoms with Gasteiger partial charge in [-0.3, -0.25) is 0 Å². The molecule has 1 N–H and O–H groups in total.